The summed E-state index contributed by atoms with van der Waals surface area (Å²) in [4.78, 5) is 61.2. The molecule has 0 amide bonds. The summed E-state index contributed by atoms with van der Waals surface area (Å²) in [6.45, 7) is 17.3. The number of anilines is 1. The van der Waals surface area contributed by atoms with Gasteiger partial charge in [0.15, 0.2) is 0 Å². The number of nitrogens with one attached hydrogen (secondary N) is 1. The van der Waals surface area contributed by atoms with Gasteiger partial charge in [0.25, 0.3) is 0 Å². The smallest absolute Gasteiger partial charge is 0.420 e. The van der Waals surface area contributed by atoms with E-state index in [1.807, 2.05) is 57.3 Å². The molecule has 0 saturated carbocycles. The Morgan fingerprint density at radius 2 is 1.31 bits per heavy atom. The average Bonchev–Trinajstić information content (AvgIpc) is 4.00. The van der Waals surface area contributed by atoms with Crippen molar-refractivity contribution >= 4 is 79.6 Å². The van der Waals surface area contributed by atoms with E-state index in [0.29, 0.717) is 34.6 Å². The number of aromatic amines is 1. The first kappa shape index (κ1) is 53.0. The predicted molar refractivity (Wildman–Crippen MR) is 276 cm³/mol. The highest BCUT2D eigenvalue weighted by Crippen LogP contribution is 2.28. The number of rotatable bonds is 9. The first-order chi connectivity index (χ1) is 31.9. The van der Waals surface area contributed by atoms with Gasteiger partial charge >= 0.3 is 12.2 Å². The number of ketones is 1. The van der Waals surface area contributed by atoms with Gasteiger partial charge in [-0.15, -0.1) is 12.3 Å². The van der Waals surface area contributed by atoms with Crippen LogP contribution in [-0.4, -0.2) is 68.2 Å². The number of fused-ring (bicyclic) bond motifs is 3. The molecule has 7 aromatic rings. The van der Waals surface area contributed by atoms with Crippen LogP contribution in [0, 0.1) is 27.8 Å². The lowest BCUT2D eigenvalue weighted by atomic mass is 10.1. The number of nitrogens with two attached hydrogens (primary N) is 1. The van der Waals surface area contributed by atoms with Crippen molar-refractivity contribution in [3.8, 4) is 35.4 Å². The summed E-state index contributed by atoms with van der Waals surface area (Å²) in [6, 6.07) is 13.2. The van der Waals surface area contributed by atoms with Crippen molar-refractivity contribution < 1.29 is 23.9 Å². The quantitative estimate of drug-likeness (QED) is 0.0461. The van der Waals surface area contributed by atoms with Gasteiger partial charge in [0.1, 0.15) is 28.1 Å². The molecule has 0 aliphatic heterocycles. The molecule has 0 spiro atoms. The molecule has 7 rings (SSSR count). The molecule has 0 bridgehead atoms. The van der Waals surface area contributed by atoms with E-state index in [9.17, 15) is 14.4 Å². The second-order valence-electron chi connectivity index (χ2n) is 17.3. The molecule has 0 aliphatic carbocycles. The van der Waals surface area contributed by atoms with Crippen LogP contribution in [-0.2, 0) is 15.9 Å². The monoisotopic (exact) mass is 1020 g/mol. The summed E-state index contributed by atoms with van der Waals surface area (Å²) in [6.07, 6.45) is 23.3. The number of ether oxygens (including phenoxy) is 2. The van der Waals surface area contributed by atoms with E-state index < -0.39 is 23.4 Å². The maximum absolute atomic E-state index is 12.4. The average molecular weight is 1020 g/mol. The molecule has 14 nitrogen and oxygen atoms in total. The fourth-order valence-corrected chi connectivity index (χ4v) is 6.92. The summed E-state index contributed by atoms with van der Waals surface area (Å²) in [5.41, 5.74) is 9.80. The molecule has 0 aromatic carbocycles. The number of aromatic nitrogens is 8. The van der Waals surface area contributed by atoms with E-state index in [0.717, 1.165) is 75.5 Å². The van der Waals surface area contributed by atoms with Crippen molar-refractivity contribution in [2.45, 2.75) is 131 Å². The molecule has 15 heteroatoms. The van der Waals surface area contributed by atoms with Crippen LogP contribution in [0.1, 0.15) is 130 Å². The fraction of sp³-hybridized carbons (Fsp3) is 0.385. The lowest BCUT2D eigenvalue weighted by molar-refractivity contribution is 0.0532. The van der Waals surface area contributed by atoms with Crippen LogP contribution in [0.25, 0.3) is 44.4 Å². The third kappa shape index (κ3) is 16.1. The molecule has 7 heterocycles. The zero-order valence-electron chi connectivity index (χ0n) is 40.1. The number of pyridine rings is 3. The first-order valence-electron chi connectivity index (χ1n) is 22.5. The number of hydrogen-bond donors (Lipinski definition) is 2. The number of unbranched alkanes of at least 4 members (excludes halogenated alkanes) is 5. The first-order valence-corrected chi connectivity index (χ1v) is 23.6. The number of carbonyl (C=O) groups excluding carboxylic acids is 3. The van der Waals surface area contributed by atoms with Crippen molar-refractivity contribution in [2.75, 3.05) is 5.73 Å². The molecule has 0 saturated heterocycles. The van der Waals surface area contributed by atoms with Crippen molar-refractivity contribution in [3.05, 3.63) is 94.5 Å². The summed E-state index contributed by atoms with van der Waals surface area (Å²) in [7, 11) is 0. The molecule has 0 unspecified atom stereocenters. The summed E-state index contributed by atoms with van der Waals surface area (Å²) in [5.74, 6) is 8.11. The van der Waals surface area contributed by atoms with Gasteiger partial charge in [0, 0.05) is 81.0 Å². The van der Waals surface area contributed by atoms with Gasteiger partial charge < -0.3 is 20.2 Å². The number of hydrogen-bond acceptors (Lipinski definition) is 11. The molecule has 0 aliphatic rings. The summed E-state index contributed by atoms with van der Waals surface area (Å²) >= 11 is 2.18. The van der Waals surface area contributed by atoms with E-state index in [-0.39, 0.29) is 5.78 Å². The van der Waals surface area contributed by atoms with Crippen LogP contribution >= 0.6 is 22.6 Å². The van der Waals surface area contributed by atoms with Crippen molar-refractivity contribution in [1.82, 2.24) is 39.0 Å². The van der Waals surface area contributed by atoms with E-state index in [4.69, 9.17) is 21.6 Å². The van der Waals surface area contributed by atoms with Gasteiger partial charge in [-0.05, 0) is 138 Å². The maximum atomic E-state index is 12.4. The summed E-state index contributed by atoms with van der Waals surface area (Å²) in [5, 5.41) is 2.60. The Labute approximate surface area is 407 Å². The molecule has 352 valence electrons. The topological polar surface area (TPSA) is 186 Å². The number of nitrogens with zero attached hydrogens (tertiary/aromatic N) is 7. The van der Waals surface area contributed by atoms with Gasteiger partial charge in [-0.2, -0.15) is 0 Å². The summed E-state index contributed by atoms with van der Waals surface area (Å²) < 4.78 is 14.4. The Morgan fingerprint density at radius 3 is 1.90 bits per heavy atom. The third-order valence-electron chi connectivity index (χ3n) is 9.34. The Bertz CT molecular complexity index is 2860. The van der Waals surface area contributed by atoms with Gasteiger partial charge in [-0.25, -0.2) is 43.6 Å². The normalized spacial score (nSPS) is 10.9. The molecule has 0 atom stereocenters. The van der Waals surface area contributed by atoms with E-state index in [1.165, 1.54) is 28.2 Å². The molecule has 67 heavy (non-hydrogen) atoms. The molecule has 0 radical (unpaired) electrons. The van der Waals surface area contributed by atoms with Gasteiger partial charge in [-0.3, -0.25) is 4.79 Å². The number of nitrogen functional groups attached to an aromatic ring is 1. The van der Waals surface area contributed by atoms with Crippen LogP contribution in [0.3, 0.4) is 0 Å². The van der Waals surface area contributed by atoms with Crippen molar-refractivity contribution in [2.24, 2.45) is 0 Å². The Balaban J connectivity index is 0.000000209. The largest absolute Gasteiger partial charge is 0.443 e. The second kappa shape index (κ2) is 25.4. The minimum atomic E-state index is -0.632. The Hall–Kier alpha value is -6.59. The van der Waals surface area contributed by atoms with Crippen molar-refractivity contribution in [3.63, 3.8) is 0 Å². The maximum Gasteiger partial charge on any atom is 0.420 e. The zero-order chi connectivity index (χ0) is 49.1. The van der Waals surface area contributed by atoms with Crippen LogP contribution in [0.5, 0.6) is 0 Å². The lowest BCUT2D eigenvalue weighted by Crippen LogP contribution is -2.26. The van der Waals surface area contributed by atoms with Gasteiger partial charge in [0.05, 0.1) is 11.3 Å². The minimum Gasteiger partial charge on any atom is -0.443 e. The van der Waals surface area contributed by atoms with Gasteiger partial charge in [0.2, 0.25) is 11.7 Å². The number of carbonyl (C=O) groups is 3. The SMILES string of the molecule is C#CCCCC.CC(C)(C)OC(=O)n1cc(I)c2cccnc21.CCCCC#CC(=O)c1cn(C(=O)OC(C)(C)C)c2ncccc12.CCCCc1cc(-c2c[nH]c3ncccc23)nc(N)n1. The number of H-pyrrole nitrogens is 1. The Kier molecular flexibility index (Phi) is 20.1. The highest BCUT2D eigenvalue weighted by Gasteiger charge is 2.24. The van der Waals surface area contributed by atoms with Crippen LogP contribution in [0.15, 0.2) is 79.6 Å². The zero-order valence-corrected chi connectivity index (χ0v) is 42.2. The second-order valence-corrected chi connectivity index (χ2v) is 18.5. The highest BCUT2D eigenvalue weighted by molar-refractivity contribution is 14.1. The number of Topliss-reactive ketones (excluding diaryl/α,β-unsaturated/α-hetero) is 1. The standard InChI is InChI=1S/C19H22N2O3.C15H17N5.C12H13IN2O2.C6H10/c1-5-6-7-8-11-16(22)15-13-21(18(23)24-19(2,3)4)17-14(15)10-9-12-20-17;1-2-3-5-10-8-13(20-15(16)19-10)12-9-18-14-11(12)6-4-7-17-14;1-12(2,3)17-11(16)15-7-9(13)8-5-4-6-14-10(8)15;1-3-5-6-4-2/h9-10,12-13H,5-7H2,1-4H3;4,6-9H,2-3,5H2,1H3,(H,17,18)(H2,16,19,20);4-7H,1-3H3;1H,4-6H2,2H3. The molecule has 7 aromatic heterocycles. The molecule has 0 fully saturated rings. The van der Waals surface area contributed by atoms with Crippen LogP contribution in [0.2, 0.25) is 0 Å². The fourth-order valence-electron chi connectivity index (χ4n) is 6.22. The van der Waals surface area contributed by atoms with E-state index >= 15 is 0 Å². The van der Waals surface area contributed by atoms with E-state index in [2.05, 4.69) is 91.0 Å². The molecular formula is C52H62IN9O5. The van der Waals surface area contributed by atoms with Crippen LogP contribution in [0.4, 0.5) is 15.5 Å². The number of aryl methyl sites for hydroxylation is 1. The Morgan fingerprint density at radius 1 is 0.761 bits per heavy atom. The van der Waals surface area contributed by atoms with Crippen LogP contribution < -0.4 is 5.73 Å². The van der Waals surface area contributed by atoms with E-state index in [1.54, 1.807) is 57.7 Å². The predicted octanol–water partition coefficient (Wildman–Crippen LogP) is 12.4. The third-order valence-corrected chi connectivity index (χ3v) is 10.2. The van der Waals surface area contributed by atoms with Gasteiger partial charge in [-0.1, -0.05) is 46.0 Å². The number of terminal acetylenes is 1. The minimum absolute atomic E-state index is 0.314. The molecular weight excluding hydrogens is 958 g/mol. The highest BCUT2D eigenvalue weighted by atomic mass is 127. The number of halogens is 1. The molecule has 3 N–H and O–H groups in total. The van der Waals surface area contributed by atoms with Crippen molar-refractivity contribution in [1.29, 1.82) is 0 Å². The lowest BCUT2D eigenvalue weighted by Gasteiger charge is -2.19.